The van der Waals surface area contributed by atoms with Crippen molar-refractivity contribution in [1.29, 1.82) is 0 Å². The van der Waals surface area contributed by atoms with Gasteiger partial charge in [0, 0.05) is 24.2 Å². The van der Waals surface area contributed by atoms with Crippen molar-refractivity contribution in [3.63, 3.8) is 0 Å². The number of benzene rings is 1. The number of hydrogen-bond acceptors (Lipinski definition) is 3. The molecule has 0 fully saturated rings. The summed E-state index contributed by atoms with van der Waals surface area (Å²) in [4.78, 5) is 0. The van der Waals surface area contributed by atoms with Gasteiger partial charge < -0.3 is 15.8 Å². The van der Waals surface area contributed by atoms with Crippen LogP contribution in [0, 0.1) is 0 Å². The van der Waals surface area contributed by atoms with Crippen LogP contribution >= 0.6 is 11.6 Å². The molecule has 0 amide bonds. The zero-order valence-electron chi connectivity index (χ0n) is 11.9. The smallest absolute Gasteiger partial charge is 0.0615 e. The Morgan fingerprint density at radius 3 is 2.74 bits per heavy atom. The summed E-state index contributed by atoms with van der Waals surface area (Å²) in [5.74, 6) is 0. The number of halogens is 1. The van der Waals surface area contributed by atoms with Crippen molar-refractivity contribution in [2.45, 2.75) is 38.3 Å². The molecule has 0 aliphatic heterocycles. The number of hydrogen-bond donors (Lipinski definition) is 2. The van der Waals surface area contributed by atoms with Crippen LogP contribution in [0.3, 0.4) is 0 Å². The molecule has 0 aromatic heterocycles. The van der Waals surface area contributed by atoms with E-state index in [0.29, 0.717) is 18.7 Å². The Morgan fingerprint density at radius 1 is 1.37 bits per heavy atom. The van der Waals surface area contributed by atoms with Gasteiger partial charge in [-0.15, -0.1) is 0 Å². The summed E-state index contributed by atoms with van der Waals surface area (Å²) in [5, 5.41) is 4.42. The predicted molar refractivity (Wildman–Crippen MR) is 81.7 cm³/mol. The van der Waals surface area contributed by atoms with Gasteiger partial charge in [0.2, 0.25) is 0 Å². The van der Waals surface area contributed by atoms with E-state index < -0.39 is 0 Å². The lowest BCUT2D eigenvalue weighted by Gasteiger charge is -2.23. The Labute approximate surface area is 121 Å². The first kappa shape index (κ1) is 16.4. The average molecular weight is 285 g/mol. The normalized spacial score (nSPS) is 14.3. The second-order valence-corrected chi connectivity index (χ2v) is 5.35. The molecule has 0 bridgehead atoms. The first-order valence-electron chi connectivity index (χ1n) is 6.85. The highest BCUT2D eigenvalue weighted by Gasteiger charge is 2.13. The number of methoxy groups -OCH3 is 1. The van der Waals surface area contributed by atoms with Crippen LogP contribution in [-0.4, -0.2) is 32.3 Å². The van der Waals surface area contributed by atoms with Gasteiger partial charge in [0.05, 0.1) is 6.61 Å². The van der Waals surface area contributed by atoms with Crippen molar-refractivity contribution < 1.29 is 4.74 Å². The van der Waals surface area contributed by atoms with Crippen LogP contribution in [0.25, 0.3) is 0 Å². The van der Waals surface area contributed by atoms with Gasteiger partial charge in [0.15, 0.2) is 0 Å². The summed E-state index contributed by atoms with van der Waals surface area (Å²) in [6, 6.07) is 8.70. The zero-order valence-corrected chi connectivity index (χ0v) is 12.6. The maximum Gasteiger partial charge on any atom is 0.0615 e. The highest BCUT2D eigenvalue weighted by molar-refractivity contribution is 6.31. The molecule has 0 aliphatic rings. The van der Waals surface area contributed by atoms with Crippen LogP contribution in [0.1, 0.15) is 25.3 Å². The SMILES string of the molecule is COCC(CCCN)NC(C)Cc1ccccc1Cl. The maximum atomic E-state index is 6.18. The molecule has 108 valence electrons. The van der Waals surface area contributed by atoms with E-state index in [2.05, 4.69) is 18.3 Å². The third-order valence-corrected chi connectivity index (χ3v) is 3.50. The van der Waals surface area contributed by atoms with Crippen molar-refractivity contribution in [3.05, 3.63) is 34.9 Å². The minimum atomic E-state index is 0.353. The van der Waals surface area contributed by atoms with E-state index in [4.69, 9.17) is 22.1 Å². The first-order valence-corrected chi connectivity index (χ1v) is 7.23. The Kier molecular flexibility index (Phi) is 8.07. The van der Waals surface area contributed by atoms with Gasteiger partial charge in [-0.05, 0) is 44.4 Å². The van der Waals surface area contributed by atoms with E-state index in [0.717, 1.165) is 30.8 Å². The predicted octanol–water partition coefficient (Wildman–Crippen LogP) is 2.61. The minimum absolute atomic E-state index is 0.353. The van der Waals surface area contributed by atoms with Crippen LogP contribution in [-0.2, 0) is 11.2 Å². The second-order valence-electron chi connectivity index (χ2n) is 4.95. The van der Waals surface area contributed by atoms with Crippen LogP contribution < -0.4 is 11.1 Å². The summed E-state index contributed by atoms with van der Waals surface area (Å²) in [5.41, 5.74) is 6.74. The molecule has 0 saturated heterocycles. The number of nitrogens with two attached hydrogens (primary N) is 1. The standard InChI is InChI=1S/C15H25ClN2O/c1-12(10-13-6-3-4-8-15(13)16)18-14(11-19-2)7-5-9-17/h3-4,6,8,12,14,18H,5,7,9-11,17H2,1-2H3. The van der Waals surface area contributed by atoms with E-state index in [1.165, 1.54) is 5.56 Å². The van der Waals surface area contributed by atoms with E-state index >= 15 is 0 Å². The molecule has 0 aliphatic carbocycles. The molecule has 3 N–H and O–H groups in total. The summed E-state index contributed by atoms with van der Waals surface area (Å²) < 4.78 is 5.25. The number of nitrogens with one attached hydrogen (secondary N) is 1. The fourth-order valence-corrected chi connectivity index (χ4v) is 2.45. The van der Waals surface area contributed by atoms with Crippen molar-refractivity contribution in [3.8, 4) is 0 Å². The second kappa shape index (κ2) is 9.32. The van der Waals surface area contributed by atoms with E-state index in [1.807, 2.05) is 18.2 Å². The monoisotopic (exact) mass is 284 g/mol. The minimum Gasteiger partial charge on any atom is -0.383 e. The fraction of sp³-hybridized carbons (Fsp3) is 0.600. The van der Waals surface area contributed by atoms with E-state index in [9.17, 15) is 0 Å². The largest absolute Gasteiger partial charge is 0.383 e. The summed E-state index contributed by atoms with van der Waals surface area (Å²) in [7, 11) is 1.73. The Bertz CT molecular complexity index is 360. The Balaban J connectivity index is 2.47. The molecular formula is C15H25ClN2O. The molecule has 1 aromatic carbocycles. The van der Waals surface area contributed by atoms with Crippen LogP contribution in [0.5, 0.6) is 0 Å². The first-order chi connectivity index (χ1) is 9.17. The van der Waals surface area contributed by atoms with Crippen LogP contribution in [0.15, 0.2) is 24.3 Å². The molecule has 2 atom stereocenters. The van der Waals surface area contributed by atoms with Gasteiger partial charge in [-0.25, -0.2) is 0 Å². The van der Waals surface area contributed by atoms with E-state index in [-0.39, 0.29) is 0 Å². The third-order valence-electron chi connectivity index (χ3n) is 3.13. The highest BCUT2D eigenvalue weighted by Crippen LogP contribution is 2.16. The van der Waals surface area contributed by atoms with Gasteiger partial charge >= 0.3 is 0 Å². The van der Waals surface area contributed by atoms with E-state index in [1.54, 1.807) is 7.11 Å². The molecule has 2 unspecified atom stereocenters. The van der Waals surface area contributed by atoms with Gasteiger partial charge in [0.25, 0.3) is 0 Å². The van der Waals surface area contributed by atoms with Gasteiger partial charge in [0.1, 0.15) is 0 Å². The molecule has 1 rings (SSSR count). The number of rotatable bonds is 9. The molecule has 4 heteroatoms. The maximum absolute atomic E-state index is 6.18. The van der Waals surface area contributed by atoms with Crippen LogP contribution in [0.4, 0.5) is 0 Å². The quantitative estimate of drug-likeness (QED) is 0.733. The van der Waals surface area contributed by atoms with Crippen LogP contribution in [0.2, 0.25) is 5.02 Å². The zero-order chi connectivity index (χ0) is 14.1. The van der Waals surface area contributed by atoms with Crippen molar-refractivity contribution in [2.24, 2.45) is 5.73 Å². The fourth-order valence-electron chi connectivity index (χ4n) is 2.24. The molecule has 0 radical (unpaired) electrons. The molecule has 19 heavy (non-hydrogen) atoms. The Hall–Kier alpha value is -0.610. The molecule has 0 heterocycles. The lowest BCUT2D eigenvalue weighted by atomic mass is 10.0. The summed E-state index contributed by atoms with van der Waals surface area (Å²) in [6.07, 6.45) is 2.97. The summed E-state index contributed by atoms with van der Waals surface area (Å²) >= 11 is 6.18. The van der Waals surface area contributed by atoms with Gasteiger partial charge in [-0.1, -0.05) is 29.8 Å². The summed E-state index contributed by atoms with van der Waals surface area (Å²) in [6.45, 7) is 3.61. The lowest BCUT2D eigenvalue weighted by molar-refractivity contribution is 0.156. The molecule has 0 spiro atoms. The molecular weight excluding hydrogens is 260 g/mol. The average Bonchev–Trinajstić information content (AvgIpc) is 2.39. The Morgan fingerprint density at radius 2 is 2.11 bits per heavy atom. The third kappa shape index (κ3) is 6.39. The lowest BCUT2D eigenvalue weighted by Crippen LogP contribution is -2.40. The molecule has 0 saturated carbocycles. The van der Waals surface area contributed by atoms with Crippen molar-refractivity contribution >= 4 is 11.6 Å². The van der Waals surface area contributed by atoms with Crippen molar-refractivity contribution in [2.75, 3.05) is 20.3 Å². The molecule has 1 aromatic rings. The highest BCUT2D eigenvalue weighted by atomic mass is 35.5. The topological polar surface area (TPSA) is 47.3 Å². The number of ether oxygens (including phenoxy) is 1. The molecule has 3 nitrogen and oxygen atoms in total. The van der Waals surface area contributed by atoms with Crippen molar-refractivity contribution in [1.82, 2.24) is 5.32 Å². The van der Waals surface area contributed by atoms with Gasteiger partial charge in [-0.3, -0.25) is 0 Å². The van der Waals surface area contributed by atoms with Gasteiger partial charge in [-0.2, -0.15) is 0 Å².